The molecular formula is C9H9NS. The van der Waals surface area contributed by atoms with Crippen molar-refractivity contribution in [2.75, 3.05) is 0 Å². The summed E-state index contributed by atoms with van der Waals surface area (Å²) >= 11 is 1.66. The first-order valence-electron chi connectivity index (χ1n) is 3.48. The maximum absolute atomic E-state index is 6.82. The molecule has 0 aliphatic carbocycles. The maximum Gasteiger partial charge on any atom is 0.166 e. The molecule has 0 aliphatic heterocycles. The van der Waals surface area contributed by atoms with Crippen LogP contribution in [0.4, 0.5) is 0 Å². The van der Waals surface area contributed by atoms with Crippen LogP contribution in [0.2, 0.25) is 0 Å². The smallest absolute Gasteiger partial charge is 0.166 e. The van der Waals surface area contributed by atoms with Crippen LogP contribution in [0.1, 0.15) is 18.2 Å². The van der Waals surface area contributed by atoms with Gasteiger partial charge in [0, 0.05) is 4.88 Å². The van der Waals surface area contributed by atoms with Gasteiger partial charge in [-0.05, 0) is 23.9 Å². The Morgan fingerprint density at radius 2 is 2.64 bits per heavy atom. The number of allylic oxidation sites excluding steroid dienone is 1. The van der Waals surface area contributed by atoms with Crippen molar-refractivity contribution >= 4 is 17.4 Å². The van der Waals surface area contributed by atoms with E-state index in [4.69, 9.17) is 6.57 Å². The fraction of sp³-hybridized carbons (Fsp3) is 0.222. The van der Waals surface area contributed by atoms with Crippen molar-refractivity contribution in [3.63, 3.8) is 0 Å². The van der Waals surface area contributed by atoms with Crippen LogP contribution in [-0.2, 0) is 0 Å². The van der Waals surface area contributed by atoms with Gasteiger partial charge in [-0.2, -0.15) is 0 Å². The monoisotopic (exact) mass is 163 g/mol. The zero-order valence-electron chi connectivity index (χ0n) is 6.37. The van der Waals surface area contributed by atoms with Crippen molar-refractivity contribution in [2.24, 2.45) is 0 Å². The highest BCUT2D eigenvalue weighted by Crippen LogP contribution is 2.15. The number of hydrogen-bond donors (Lipinski definition) is 0. The molecule has 0 bridgehead atoms. The largest absolute Gasteiger partial charge is 0.243 e. The Kier molecular flexibility index (Phi) is 2.88. The first kappa shape index (κ1) is 8.03. The second kappa shape index (κ2) is 3.95. The fourth-order valence-electron chi connectivity index (χ4n) is 0.751. The normalized spacial score (nSPS) is 11.1. The Balaban J connectivity index is 2.81. The van der Waals surface area contributed by atoms with E-state index in [0.717, 1.165) is 17.0 Å². The molecule has 11 heavy (non-hydrogen) atoms. The van der Waals surface area contributed by atoms with E-state index in [1.54, 1.807) is 11.3 Å². The van der Waals surface area contributed by atoms with Crippen molar-refractivity contribution in [2.45, 2.75) is 13.3 Å². The molecule has 1 aromatic heterocycles. The third-order valence-corrected chi connectivity index (χ3v) is 2.18. The van der Waals surface area contributed by atoms with E-state index < -0.39 is 0 Å². The first-order valence-corrected chi connectivity index (χ1v) is 4.36. The summed E-state index contributed by atoms with van der Waals surface area (Å²) in [4.78, 5) is 4.56. The second-order valence-corrected chi connectivity index (χ2v) is 3.10. The van der Waals surface area contributed by atoms with Crippen LogP contribution < -0.4 is 0 Å². The van der Waals surface area contributed by atoms with Crippen molar-refractivity contribution in [3.05, 3.63) is 39.5 Å². The summed E-state index contributed by atoms with van der Waals surface area (Å²) in [5, 5.41) is 2.02. The van der Waals surface area contributed by atoms with E-state index in [1.807, 2.05) is 30.5 Å². The minimum absolute atomic E-state index is 0.821. The Bertz CT molecular complexity index is 277. The molecule has 0 radical (unpaired) electrons. The molecule has 1 aromatic rings. The van der Waals surface area contributed by atoms with Gasteiger partial charge in [0.1, 0.15) is 0 Å². The number of hydrogen-bond acceptors (Lipinski definition) is 1. The molecule has 1 rings (SSSR count). The third-order valence-electron chi connectivity index (χ3n) is 1.36. The second-order valence-electron chi connectivity index (χ2n) is 2.12. The van der Waals surface area contributed by atoms with Gasteiger partial charge < -0.3 is 0 Å². The van der Waals surface area contributed by atoms with Gasteiger partial charge >= 0.3 is 0 Å². The molecule has 0 amide bonds. The van der Waals surface area contributed by atoms with E-state index in [1.165, 1.54) is 0 Å². The summed E-state index contributed by atoms with van der Waals surface area (Å²) in [7, 11) is 0. The summed E-state index contributed by atoms with van der Waals surface area (Å²) in [6.45, 7) is 8.82. The number of rotatable bonds is 2. The van der Waals surface area contributed by atoms with Crippen LogP contribution in [0.3, 0.4) is 0 Å². The molecule has 0 aromatic carbocycles. The minimum atomic E-state index is 0.821. The molecule has 2 heteroatoms. The van der Waals surface area contributed by atoms with Crippen LogP contribution in [0, 0.1) is 6.57 Å². The Hall–Kier alpha value is -1.07. The van der Waals surface area contributed by atoms with Gasteiger partial charge in [-0.1, -0.05) is 13.0 Å². The molecule has 0 atom stereocenters. The molecular weight excluding hydrogens is 154 g/mol. The van der Waals surface area contributed by atoms with Gasteiger partial charge in [-0.25, -0.2) is 4.85 Å². The van der Waals surface area contributed by atoms with Crippen LogP contribution in [0.25, 0.3) is 10.9 Å². The Labute approximate surface area is 70.8 Å². The van der Waals surface area contributed by atoms with Gasteiger partial charge in [0.15, 0.2) is 5.70 Å². The predicted molar refractivity (Wildman–Crippen MR) is 49.2 cm³/mol. The summed E-state index contributed by atoms with van der Waals surface area (Å²) < 4.78 is 0. The molecule has 0 saturated heterocycles. The van der Waals surface area contributed by atoms with Gasteiger partial charge in [-0.3, -0.25) is 0 Å². The molecule has 0 aliphatic rings. The average Bonchev–Trinajstić information content (AvgIpc) is 2.52. The SMILES string of the molecule is [C-]#[N+]/C(=C/c1cccs1)CC. The number of nitrogens with zero attached hydrogens (tertiary/aromatic N) is 1. The van der Waals surface area contributed by atoms with Gasteiger partial charge in [0.05, 0.1) is 6.57 Å². The summed E-state index contributed by atoms with van der Waals surface area (Å²) in [5.41, 5.74) is 0.826. The van der Waals surface area contributed by atoms with Crippen molar-refractivity contribution in [1.82, 2.24) is 0 Å². The average molecular weight is 163 g/mol. The third kappa shape index (κ3) is 2.21. The minimum Gasteiger partial charge on any atom is -0.243 e. The lowest BCUT2D eigenvalue weighted by Gasteiger charge is -1.87. The molecule has 0 fully saturated rings. The molecule has 56 valence electrons. The zero-order valence-corrected chi connectivity index (χ0v) is 7.19. The van der Waals surface area contributed by atoms with Crippen molar-refractivity contribution in [1.29, 1.82) is 0 Å². The quantitative estimate of drug-likeness (QED) is 0.588. The van der Waals surface area contributed by atoms with Crippen LogP contribution in [-0.4, -0.2) is 0 Å². The lowest BCUT2D eigenvalue weighted by molar-refractivity contribution is 1.16. The summed E-state index contributed by atoms with van der Waals surface area (Å²) in [6, 6.07) is 4.01. The zero-order chi connectivity index (χ0) is 8.10. The van der Waals surface area contributed by atoms with E-state index in [-0.39, 0.29) is 0 Å². The molecule has 0 spiro atoms. The molecule has 0 saturated carbocycles. The molecule has 1 nitrogen and oxygen atoms in total. The van der Waals surface area contributed by atoms with Crippen molar-refractivity contribution < 1.29 is 0 Å². The van der Waals surface area contributed by atoms with Gasteiger partial charge in [-0.15, -0.1) is 11.3 Å². The van der Waals surface area contributed by atoms with E-state index in [2.05, 4.69) is 4.85 Å². The van der Waals surface area contributed by atoms with E-state index in [0.29, 0.717) is 0 Å². The van der Waals surface area contributed by atoms with Gasteiger partial charge in [0.25, 0.3) is 0 Å². The summed E-state index contributed by atoms with van der Waals surface area (Å²) in [5.74, 6) is 0. The van der Waals surface area contributed by atoms with Crippen LogP contribution in [0.15, 0.2) is 23.2 Å². The van der Waals surface area contributed by atoms with Crippen LogP contribution in [0.5, 0.6) is 0 Å². The lowest BCUT2D eigenvalue weighted by atomic mass is 10.3. The molecule has 1 heterocycles. The fourth-order valence-corrected chi connectivity index (χ4v) is 1.43. The van der Waals surface area contributed by atoms with Crippen LogP contribution >= 0.6 is 11.3 Å². The Morgan fingerprint density at radius 3 is 3.09 bits per heavy atom. The molecule has 0 unspecified atom stereocenters. The highest BCUT2D eigenvalue weighted by molar-refractivity contribution is 7.10. The first-order chi connectivity index (χ1) is 5.36. The highest BCUT2D eigenvalue weighted by atomic mass is 32.1. The Morgan fingerprint density at radius 1 is 1.82 bits per heavy atom. The standard InChI is InChI=1S/C9H9NS/c1-3-8(10-2)7-9-5-4-6-11-9/h4-7H,3H2,1H3/b8-7+. The maximum atomic E-state index is 6.82. The van der Waals surface area contributed by atoms with Gasteiger partial charge in [0.2, 0.25) is 0 Å². The molecule has 0 N–H and O–H groups in total. The highest BCUT2D eigenvalue weighted by Gasteiger charge is 1.92. The van der Waals surface area contributed by atoms with Crippen molar-refractivity contribution in [3.8, 4) is 0 Å². The summed E-state index contributed by atoms with van der Waals surface area (Å²) in [6.07, 6.45) is 2.76. The number of thiophene rings is 1. The topological polar surface area (TPSA) is 4.36 Å². The lowest BCUT2D eigenvalue weighted by Crippen LogP contribution is -1.68. The predicted octanol–water partition coefficient (Wildman–Crippen LogP) is 3.42. The van der Waals surface area contributed by atoms with E-state index >= 15 is 0 Å². The van der Waals surface area contributed by atoms with E-state index in [9.17, 15) is 0 Å².